The lowest BCUT2D eigenvalue weighted by Gasteiger charge is -2.35. The maximum Gasteiger partial charge on any atom is 0.273 e. The summed E-state index contributed by atoms with van der Waals surface area (Å²) in [4.78, 5) is 30.7. The highest BCUT2D eigenvalue weighted by Gasteiger charge is 2.25. The van der Waals surface area contributed by atoms with Crippen LogP contribution in [-0.2, 0) is 0 Å². The third-order valence-corrected chi connectivity index (χ3v) is 6.20. The molecule has 0 unspecified atom stereocenters. The Balaban J connectivity index is 1.25. The number of benzene rings is 2. The number of carbonyl (C=O) groups excluding carboxylic acids is 1. The molecule has 0 radical (unpaired) electrons. The molecule has 2 aromatic carbocycles. The van der Waals surface area contributed by atoms with E-state index < -0.39 is 0 Å². The number of piperazine rings is 1. The van der Waals surface area contributed by atoms with Crippen LogP contribution in [0.3, 0.4) is 0 Å². The summed E-state index contributed by atoms with van der Waals surface area (Å²) in [5.41, 5.74) is 2.55. The van der Waals surface area contributed by atoms with Crippen molar-refractivity contribution >= 4 is 23.1 Å². The van der Waals surface area contributed by atoms with Crippen LogP contribution < -0.4 is 4.90 Å². The zero-order valence-electron chi connectivity index (χ0n) is 16.9. The smallest absolute Gasteiger partial charge is 0.273 e. The molecule has 1 amide bonds. The highest BCUT2D eigenvalue weighted by atomic mass is 32.1. The van der Waals surface area contributed by atoms with Crippen LogP contribution in [0.5, 0.6) is 0 Å². The van der Waals surface area contributed by atoms with Crippen LogP contribution >= 0.6 is 11.3 Å². The van der Waals surface area contributed by atoms with Crippen molar-refractivity contribution < 1.29 is 4.79 Å². The first kappa shape index (κ1) is 19.4. The van der Waals surface area contributed by atoms with E-state index in [9.17, 15) is 4.79 Å². The van der Waals surface area contributed by atoms with Crippen molar-refractivity contribution in [1.29, 1.82) is 0 Å². The van der Waals surface area contributed by atoms with E-state index in [2.05, 4.69) is 14.9 Å². The van der Waals surface area contributed by atoms with Gasteiger partial charge in [-0.25, -0.2) is 15.0 Å². The van der Waals surface area contributed by atoms with Gasteiger partial charge in [-0.2, -0.15) is 0 Å². The quantitative estimate of drug-likeness (QED) is 0.488. The zero-order valence-corrected chi connectivity index (χ0v) is 17.7. The third-order valence-electron chi connectivity index (χ3n) is 5.31. The van der Waals surface area contributed by atoms with Crippen molar-refractivity contribution in [3.63, 3.8) is 0 Å². The topological polar surface area (TPSA) is 62.2 Å². The minimum absolute atomic E-state index is 0.00857. The molecule has 0 atom stereocenters. The molecule has 1 aliphatic rings. The third kappa shape index (κ3) is 4.18. The molecule has 1 saturated heterocycles. The van der Waals surface area contributed by atoms with Crippen LogP contribution in [0.25, 0.3) is 22.0 Å². The van der Waals surface area contributed by atoms with E-state index in [0.29, 0.717) is 24.6 Å². The summed E-state index contributed by atoms with van der Waals surface area (Å²) in [6, 6.07) is 21.8. The maximum absolute atomic E-state index is 13.0. The van der Waals surface area contributed by atoms with Crippen molar-refractivity contribution in [1.82, 2.24) is 19.9 Å². The van der Waals surface area contributed by atoms with Crippen molar-refractivity contribution in [3.8, 4) is 22.0 Å². The molecule has 4 aromatic rings. The summed E-state index contributed by atoms with van der Waals surface area (Å²) < 4.78 is 0. The van der Waals surface area contributed by atoms with Gasteiger partial charge in [0.2, 0.25) is 0 Å². The Morgan fingerprint density at radius 1 is 0.806 bits per heavy atom. The van der Waals surface area contributed by atoms with E-state index in [0.717, 1.165) is 35.0 Å². The van der Waals surface area contributed by atoms with Gasteiger partial charge >= 0.3 is 0 Å². The lowest BCUT2D eigenvalue weighted by Crippen LogP contribution is -2.49. The number of thiazole rings is 1. The number of hydrogen-bond donors (Lipinski definition) is 0. The molecule has 6 nitrogen and oxygen atoms in total. The molecule has 0 N–H and O–H groups in total. The minimum Gasteiger partial charge on any atom is -0.353 e. The second-order valence-corrected chi connectivity index (χ2v) is 8.15. The summed E-state index contributed by atoms with van der Waals surface area (Å²) in [5, 5.41) is 2.73. The van der Waals surface area contributed by atoms with E-state index >= 15 is 0 Å². The summed E-state index contributed by atoms with van der Waals surface area (Å²) in [5.74, 6) is 1.60. The van der Waals surface area contributed by atoms with Gasteiger partial charge in [-0.15, -0.1) is 11.3 Å². The van der Waals surface area contributed by atoms with Crippen molar-refractivity contribution in [2.75, 3.05) is 31.1 Å². The maximum atomic E-state index is 13.0. The van der Waals surface area contributed by atoms with Gasteiger partial charge in [0.1, 0.15) is 16.5 Å². The van der Waals surface area contributed by atoms with Gasteiger partial charge in [0.05, 0.1) is 0 Å². The SMILES string of the molecule is O=C(c1csc(-c2ccccc2)n1)N1CCN(c2ccnc(-c3ccccc3)n2)CC1. The molecule has 31 heavy (non-hydrogen) atoms. The van der Waals surface area contributed by atoms with Crippen LogP contribution in [0.1, 0.15) is 10.5 Å². The van der Waals surface area contributed by atoms with Crippen molar-refractivity contribution in [2.24, 2.45) is 0 Å². The Bertz CT molecular complexity index is 1170. The van der Waals surface area contributed by atoms with E-state index in [1.807, 2.05) is 77.0 Å². The number of hydrogen-bond acceptors (Lipinski definition) is 6. The second-order valence-electron chi connectivity index (χ2n) is 7.29. The first-order valence-corrected chi connectivity index (χ1v) is 11.1. The average Bonchev–Trinajstić information content (AvgIpc) is 3.35. The van der Waals surface area contributed by atoms with Gasteiger partial charge in [-0.3, -0.25) is 4.79 Å². The monoisotopic (exact) mass is 427 g/mol. The van der Waals surface area contributed by atoms with E-state index in [-0.39, 0.29) is 5.91 Å². The lowest BCUT2D eigenvalue weighted by molar-refractivity contribution is 0.0741. The molecule has 1 aliphatic heterocycles. The van der Waals surface area contributed by atoms with Gasteiger partial charge in [-0.1, -0.05) is 60.7 Å². The zero-order chi connectivity index (χ0) is 21.0. The lowest BCUT2D eigenvalue weighted by atomic mass is 10.2. The number of anilines is 1. The van der Waals surface area contributed by atoms with Gasteiger partial charge in [0.25, 0.3) is 5.91 Å². The van der Waals surface area contributed by atoms with E-state index in [1.165, 1.54) is 11.3 Å². The molecular weight excluding hydrogens is 406 g/mol. The highest BCUT2D eigenvalue weighted by Crippen LogP contribution is 2.25. The Hall–Kier alpha value is -3.58. The minimum atomic E-state index is -0.00857. The molecular formula is C24H21N5OS. The summed E-state index contributed by atoms with van der Waals surface area (Å²) in [6.45, 7) is 2.74. The van der Waals surface area contributed by atoms with Gasteiger partial charge in [-0.05, 0) is 6.07 Å². The largest absolute Gasteiger partial charge is 0.353 e. The fourth-order valence-electron chi connectivity index (χ4n) is 3.64. The van der Waals surface area contributed by atoms with E-state index in [1.54, 1.807) is 6.20 Å². The van der Waals surface area contributed by atoms with Crippen LogP contribution in [-0.4, -0.2) is 51.9 Å². The van der Waals surface area contributed by atoms with Crippen LogP contribution in [0, 0.1) is 0 Å². The molecule has 0 bridgehead atoms. The molecule has 0 aliphatic carbocycles. The van der Waals surface area contributed by atoms with Crippen LogP contribution in [0.2, 0.25) is 0 Å². The number of aromatic nitrogens is 3. The Morgan fingerprint density at radius 3 is 2.19 bits per heavy atom. The van der Waals surface area contributed by atoms with Crippen molar-refractivity contribution in [2.45, 2.75) is 0 Å². The fraction of sp³-hybridized carbons (Fsp3) is 0.167. The molecule has 5 rings (SSSR count). The van der Waals surface area contributed by atoms with E-state index in [4.69, 9.17) is 4.98 Å². The molecule has 0 saturated carbocycles. The normalized spacial score (nSPS) is 13.9. The Kier molecular flexibility index (Phi) is 5.41. The average molecular weight is 428 g/mol. The van der Waals surface area contributed by atoms with Gasteiger partial charge in [0, 0.05) is 48.9 Å². The van der Waals surface area contributed by atoms with Crippen molar-refractivity contribution in [3.05, 3.63) is 84.0 Å². The predicted octanol–water partition coefficient (Wildman–Crippen LogP) is 4.23. The molecule has 154 valence electrons. The predicted molar refractivity (Wildman–Crippen MR) is 123 cm³/mol. The molecule has 7 heteroatoms. The molecule has 0 spiro atoms. The second kappa shape index (κ2) is 8.65. The fourth-order valence-corrected chi connectivity index (χ4v) is 4.44. The van der Waals surface area contributed by atoms with Gasteiger partial charge in [0.15, 0.2) is 5.82 Å². The molecule has 1 fully saturated rings. The Morgan fingerprint density at radius 2 is 1.48 bits per heavy atom. The first-order valence-electron chi connectivity index (χ1n) is 10.2. The van der Waals surface area contributed by atoms with Crippen LogP contribution in [0.4, 0.5) is 5.82 Å². The summed E-state index contributed by atoms with van der Waals surface area (Å²) in [6.07, 6.45) is 1.79. The number of nitrogens with zero attached hydrogens (tertiary/aromatic N) is 5. The Labute approximate surface area is 184 Å². The van der Waals surface area contributed by atoms with Gasteiger partial charge < -0.3 is 9.80 Å². The first-order chi connectivity index (χ1) is 15.3. The number of amides is 1. The number of carbonyl (C=O) groups is 1. The molecule has 3 heterocycles. The van der Waals surface area contributed by atoms with Crippen LogP contribution in [0.15, 0.2) is 78.3 Å². The number of rotatable bonds is 4. The summed E-state index contributed by atoms with van der Waals surface area (Å²) in [7, 11) is 0. The molecule has 2 aromatic heterocycles. The highest BCUT2D eigenvalue weighted by molar-refractivity contribution is 7.13. The summed E-state index contributed by atoms with van der Waals surface area (Å²) >= 11 is 1.51. The standard InChI is InChI=1S/C24H21N5OS/c30-24(20-17-31-23(26-20)19-9-5-2-6-10-19)29-15-13-28(14-16-29)21-11-12-25-22(27-21)18-7-3-1-4-8-18/h1-12,17H,13-16H2.